The molecular formula is C29H40N6O6. The van der Waals surface area contributed by atoms with Crippen molar-refractivity contribution in [1.82, 2.24) is 4.90 Å². The Morgan fingerprint density at radius 2 is 1.61 bits per heavy atom. The van der Waals surface area contributed by atoms with E-state index in [2.05, 4.69) is 10.6 Å². The highest BCUT2D eigenvalue weighted by Gasteiger charge is 2.33. The zero-order chi connectivity index (χ0) is 30.2. The molecule has 0 bridgehead atoms. The van der Waals surface area contributed by atoms with Crippen molar-refractivity contribution in [2.24, 2.45) is 11.7 Å². The van der Waals surface area contributed by atoms with E-state index in [4.69, 9.17) is 31.4 Å². The number of anilines is 4. The Labute approximate surface area is 240 Å². The Morgan fingerprint density at radius 3 is 2.17 bits per heavy atom. The number of aldehydes is 1. The topological polar surface area (TPSA) is 184 Å². The van der Waals surface area contributed by atoms with Crippen LogP contribution in [0.3, 0.4) is 0 Å². The first-order chi connectivity index (χ1) is 19.4. The maximum atomic E-state index is 12.1. The number of benzene rings is 2. The van der Waals surface area contributed by atoms with Gasteiger partial charge in [-0.05, 0) is 57.4 Å². The van der Waals surface area contributed by atoms with Crippen LogP contribution in [-0.2, 0) is 4.74 Å². The van der Waals surface area contributed by atoms with E-state index < -0.39 is 11.5 Å². The van der Waals surface area contributed by atoms with Gasteiger partial charge in [0.25, 0.3) is 0 Å². The predicted octanol–water partition coefficient (Wildman–Crippen LogP) is 3.49. The third kappa shape index (κ3) is 8.69. The maximum Gasteiger partial charge on any atom is 0.410 e. The summed E-state index contributed by atoms with van der Waals surface area (Å²) in [7, 11) is 1.51. The highest BCUT2D eigenvalue weighted by atomic mass is 16.6. The molecule has 2 aromatic rings. The molecule has 1 saturated heterocycles. The van der Waals surface area contributed by atoms with E-state index in [1.807, 2.05) is 32.9 Å². The van der Waals surface area contributed by atoms with Gasteiger partial charge in [0.1, 0.15) is 34.8 Å². The first kappa shape index (κ1) is 30.9. The minimum absolute atomic E-state index is 0.245. The Hall–Kier alpha value is -4.61. The third-order valence-electron chi connectivity index (χ3n) is 6.28. The fourth-order valence-corrected chi connectivity index (χ4v) is 4.21. The lowest BCUT2D eigenvalue weighted by Crippen LogP contribution is -2.51. The molecule has 12 heteroatoms. The average molecular weight is 569 g/mol. The molecule has 2 amide bonds. The van der Waals surface area contributed by atoms with Gasteiger partial charge < -0.3 is 46.9 Å². The van der Waals surface area contributed by atoms with Crippen molar-refractivity contribution in [2.45, 2.75) is 32.8 Å². The van der Waals surface area contributed by atoms with Gasteiger partial charge in [0.05, 0.1) is 25.1 Å². The molecular weight excluding hydrogens is 528 g/mol. The molecule has 3 rings (SSSR count). The Bertz CT molecular complexity index is 1280. The van der Waals surface area contributed by atoms with E-state index in [1.54, 1.807) is 23.1 Å². The number of rotatable bonds is 13. The summed E-state index contributed by atoms with van der Waals surface area (Å²) in [4.78, 5) is 36.7. The quantitative estimate of drug-likeness (QED) is 0.136. The van der Waals surface area contributed by atoms with Crippen LogP contribution in [0.4, 0.5) is 27.5 Å². The molecule has 41 heavy (non-hydrogen) atoms. The summed E-state index contributed by atoms with van der Waals surface area (Å²) in [5.41, 5.74) is 19.8. The minimum atomic E-state index is -0.609. The van der Waals surface area contributed by atoms with Gasteiger partial charge in [-0.2, -0.15) is 0 Å². The van der Waals surface area contributed by atoms with Crippen LogP contribution in [-0.4, -0.2) is 68.7 Å². The molecule has 222 valence electrons. The fraction of sp³-hybridized carbons (Fsp3) is 0.414. The molecule has 1 aliphatic rings. The summed E-state index contributed by atoms with van der Waals surface area (Å²) in [6.07, 6.45) is 4.89. The third-order valence-corrected chi connectivity index (χ3v) is 6.28. The van der Waals surface area contributed by atoms with Crippen LogP contribution in [0.15, 0.2) is 36.4 Å². The highest BCUT2D eigenvalue weighted by Crippen LogP contribution is 2.34. The summed E-state index contributed by atoms with van der Waals surface area (Å²) in [5.74, 6) is 0.568. The normalized spacial score (nSPS) is 13.4. The Morgan fingerprint density at radius 1 is 1.00 bits per heavy atom. The lowest BCUT2D eigenvalue weighted by molar-refractivity contribution is -0.00382. The van der Waals surface area contributed by atoms with Crippen LogP contribution < -0.4 is 37.3 Å². The molecule has 0 aliphatic carbocycles. The van der Waals surface area contributed by atoms with E-state index in [-0.39, 0.29) is 17.6 Å². The Balaban J connectivity index is 1.54. The lowest BCUT2D eigenvalue weighted by atomic mass is 9.97. The average Bonchev–Trinajstić information content (AvgIpc) is 2.87. The monoisotopic (exact) mass is 568 g/mol. The second kappa shape index (κ2) is 13.6. The molecule has 2 aromatic carbocycles. The molecule has 0 saturated carbocycles. The molecule has 8 N–H and O–H groups in total. The van der Waals surface area contributed by atoms with Crippen molar-refractivity contribution >= 4 is 41.0 Å². The highest BCUT2D eigenvalue weighted by molar-refractivity contribution is 5.96. The van der Waals surface area contributed by atoms with E-state index in [1.165, 1.54) is 13.2 Å². The van der Waals surface area contributed by atoms with Gasteiger partial charge in [-0.3, -0.25) is 9.59 Å². The van der Waals surface area contributed by atoms with E-state index in [0.717, 1.165) is 0 Å². The van der Waals surface area contributed by atoms with Crippen molar-refractivity contribution in [3.63, 3.8) is 0 Å². The number of carbonyl (C=O) groups is 3. The summed E-state index contributed by atoms with van der Waals surface area (Å²) in [6.45, 7) is 7.95. The Kier molecular flexibility index (Phi) is 10.3. The van der Waals surface area contributed by atoms with Gasteiger partial charge in [0, 0.05) is 37.3 Å². The number of nitrogens with one attached hydrogen (secondary N) is 2. The summed E-state index contributed by atoms with van der Waals surface area (Å²) in [6, 6.07) is 6.26. The zero-order valence-corrected chi connectivity index (χ0v) is 24.0. The molecule has 0 radical (unpaired) electrons. The van der Waals surface area contributed by atoms with Gasteiger partial charge in [0.2, 0.25) is 5.91 Å². The SMILES string of the molecule is COc1cc(C=O)cc(N)c1NC/C=C/CNc1c(N)cc(C(N)=O)cc1OCCC1CN(C(=O)OC(C)(C)C)C1. The van der Waals surface area contributed by atoms with Gasteiger partial charge >= 0.3 is 6.09 Å². The predicted molar refractivity (Wildman–Crippen MR) is 160 cm³/mol. The molecule has 1 fully saturated rings. The van der Waals surface area contributed by atoms with Crippen LogP contribution >= 0.6 is 0 Å². The number of nitrogens with two attached hydrogens (primary N) is 3. The van der Waals surface area contributed by atoms with Crippen molar-refractivity contribution in [3.8, 4) is 11.5 Å². The molecule has 1 aliphatic heterocycles. The van der Waals surface area contributed by atoms with E-state index >= 15 is 0 Å². The van der Waals surface area contributed by atoms with Crippen LogP contribution in [0.2, 0.25) is 0 Å². The van der Waals surface area contributed by atoms with Crippen LogP contribution in [0.5, 0.6) is 11.5 Å². The van der Waals surface area contributed by atoms with Crippen molar-refractivity contribution in [2.75, 3.05) is 62.0 Å². The van der Waals surface area contributed by atoms with Crippen LogP contribution in [0.25, 0.3) is 0 Å². The molecule has 0 aromatic heterocycles. The number of likely N-dealkylation sites (tertiary alicyclic amines) is 1. The molecule has 0 spiro atoms. The zero-order valence-electron chi connectivity index (χ0n) is 24.0. The number of nitrogen functional groups attached to an aromatic ring is 2. The number of nitrogens with zero attached hydrogens (tertiary/aromatic N) is 1. The molecule has 0 unspecified atom stereocenters. The second-order valence-electron chi connectivity index (χ2n) is 10.7. The second-order valence-corrected chi connectivity index (χ2v) is 10.7. The van der Waals surface area contributed by atoms with Crippen molar-refractivity contribution in [3.05, 3.63) is 47.5 Å². The summed E-state index contributed by atoms with van der Waals surface area (Å²) < 4.78 is 16.7. The van der Waals surface area contributed by atoms with Crippen molar-refractivity contribution in [1.29, 1.82) is 0 Å². The molecule has 1 heterocycles. The van der Waals surface area contributed by atoms with Gasteiger partial charge in [0.15, 0.2) is 0 Å². The smallest absolute Gasteiger partial charge is 0.410 e. The van der Waals surface area contributed by atoms with Gasteiger partial charge in [-0.25, -0.2) is 4.79 Å². The number of carbonyl (C=O) groups excluding carboxylic acids is 3. The number of primary amides is 1. The first-order valence-corrected chi connectivity index (χ1v) is 13.3. The maximum absolute atomic E-state index is 12.1. The minimum Gasteiger partial charge on any atom is -0.494 e. The molecule has 0 atom stereocenters. The number of methoxy groups -OCH3 is 1. The van der Waals surface area contributed by atoms with Gasteiger partial charge in [-0.15, -0.1) is 0 Å². The largest absolute Gasteiger partial charge is 0.494 e. The molecule has 12 nitrogen and oxygen atoms in total. The summed E-state index contributed by atoms with van der Waals surface area (Å²) in [5, 5.41) is 6.41. The first-order valence-electron chi connectivity index (χ1n) is 13.3. The summed E-state index contributed by atoms with van der Waals surface area (Å²) >= 11 is 0. The lowest BCUT2D eigenvalue weighted by Gasteiger charge is -2.39. The van der Waals surface area contributed by atoms with Crippen LogP contribution in [0, 0.1) is 5.92 Å². The number of amides is 2. The fourth-order valence-electron chi connectivity index (χ4n) is 4.21. The van der Waals surface area contributed by atoms with E-state index in [9.17, 15) is 14.4 Å². The number of hydrogen-bond donors (Lipinski definition) is 5. The standard InChI is InChI=1S/C29H40N6O6/c1-29(2,3)41-28(38)35-15-18(16-35)7-10-40-24-14-20(27(32)37)13-22(31)26(24)34-9-6-5-8-33-25-21(30)11-19(17-36)12-23(25)39-4/h5-6,11-14,17-18,33-34H,7-10,15-16,30-31H2,1-4H3,(H2,32,37)/b6-5+. The van der Waals surface area contributed by atoms with Gasteiger partial charge in [-0.1, -0.05) is 12.2 Å². The number of hydrogen-bond acceptors (Lipinski definition) is 10. The van der Waals surface area contributed by atoms with E-state index in [0.29, 0.717) is 85.3 Å². The van der Waals surface area contributed by atoms with Crippen LogP contribution in [0.1, 0.15) is 47.9 Å². The van der Waals surface area contributed by atoms with Crippen molar-refractivity contribution < 1.29 is 28.6 Å². The number of ether oxygens (including phenoxy) is 3.